The van der Waals surface area contributed by atoms with Crippen LogP contribution < -0.4 is 16.2 Å². The summed E-state index contributed by atoms with van der Waals surface area (Å²) in [6, 6.07) is 2.74. The Hall–Kier alpha value is -1.89. The number of hydrogen-bond donors (Lipinski definition) is 2. The van der Waals surface area contributed by atoms with Gasteiger partial charge in [-0.15, -0.1) is 0 Å². The normalized spacial score (nSPS) is 23.6. The monoisotopic (exact) mass is 252 g/mol. The molecule has 0 aromatic carbocycles. The number of nitrogen functional groups attached to an aromatic ring is 1. The largest absolute Gasteiger partial charge is 0.473 e. The maximum atomic E-state index is 10.6. The summed E-state index contributed by atoms with van der Waals surface area (Å²) in [5.74, 6) is 0.155. The van der Waals surface area contributed by atoms with Gasteiger partial charge in [0.1, 0.15) is 6.10 Å². The van der Waals surface area contributed by atoms with Crippen LogP contribution in [0.5, 0.6) is 5.88 Å². The van der Waals surface area contributed by atoms with E-state index >= 15 is 0 Å². The molecule has 0 bridgehead atoms. The maximum Gasteiger partial charge on any atom is 0.311 e. The third-order valence-electron chi connectivity index (χ3n) is 3.10. The number of nitrogens with two attached hydrogens (primary N) is 2. The van der Waals surface area contributed by atoms with E-state index < -0.39 is 4.92 Å². The molecule has 1 heterocycles. The van der Waals surface area contributed by atoms with Gasteiger partial charge in [0.25, 0.3) is 0 Å². The summed E-state index contributed by atoms with van der Waals surface area (Å²) in [6.07, 6.45) is 3.89. The van der Waals surface area contributed by atoms with E-state index in [1.807, 2.05) is 0 Å². The highest BCUT2D eigenvalue weighted by Gasteiger charge is 2.24. The molecule has 2 unspecified atom stereocenters. The molecule has 18 heavy (non-hydrogen) atoms. The lowest BCUT2D eigenvalue weighted by Gasteiger charge is -2.28. The lowest BCUT2D eigenvalue weighted by atomic mass is 9.93. The van der Waals surface area contributed by atoms with E-state index in [0.717, 1.165) is 25.7 Å². The van der Waals surface area contributed by atoms with E-state index in [2.05, 4.69) is 4.98 Å². The second-order valence-corrected chi connectivity index (χ2v) is 4.42. The van der Waals surface area contributed by atoms with Crippen molar-refractivity contribution in [1.82, 2.24) is 4.98 Å². The van der Waals surface area contributed by atoms with Crippen LogP contribution >= 0.6 is 0 Å². The molecule has 4 N–H and O–H groups in total. The topological polar surface area (TPSA) is 117 Å². The van der Waals surface area contributed by atoms with Crippen LogP contribution in [0.1, 0.15) is 25.7 Å². The molecule has 7 nitrogen and oxygen atoms in total. The van der Waals surface area contributed by atoms with E-state index in [-0.39, 0.29) is 23.7 Å². The van der Waals surface area contributed by atoms with Gasteiger partial charge in [0.2, 0.25) is 11.7 Å². The fourth-order valence-electron chi connectivity index (χ4n) is 2.10. The van der Waals surface area contributed by atoms with Crippen molar-refractivity contribution in [2.24, 2.45) is 5.73 Å². The van der Waals surface area contributed by atoms with Crippen molar-refractivity contribution < 1.29 is 9.66 Å². The first kappa shape index (κ1) is 12.6. The predicted molar refractivity (Wildman–Crippen MR) is 66.2 cm³/mol. The van der Waals surface area contributed by atoms with Crippen LogP contribution in [0.25, 0.3) is 0 Å². The second kappa shape index (κ2) is 5.18. The SMILES string of the molecule is Nc1nc(OC2CCCCC2N)ccc1[N+](=O)[O-]. The molecule has 1 aliphatic carbocycles. The first-order chi connectivity index (χ1) is 8.58. The van der Waals surface area contributed by atoms with Crippen LogP contribution in [0.4, 0.5) is 11.5 Å². The van der Waals surface area contributed by atoms with Gasteiger partial charge in [-0.1, -0.05) is 6.42 Å². The summed E-state index contributed by atoms with van der Waals surface area (Å²) in [4.78, 5) is 13.9. The van der Waals surface area contributed by atoms with Crippen LogP contribution in [-0.2, 0) is 0 Å². The van der Waals surface area contributed by atoms with E-state index in [4.69, 9.17) is 16.2 Å². The molecular formula is C11H16N4O3. The van der Waals surface area contributed by atoms with Crippen molar-refractivity contribution >= 4 is 11.5 Å². The molecule has 1 aromatic rings. The molecule has 0 spiro atoms. The number of aromatic nitrogens is 1. The highest BCUT2D eigenvalue weighted by Crippen LogP contribution is 2.25. The summed E-state index contributed by atoms with van der Waals surface area (Å²) in [5, 5.41) is 10.6. The molecule has 1 aliphatic rings. The van der Waals surface area contributed by atoms with Gasteiger partial charge in [-0.3, -0.25) is 10.1 Å². The molecular weight excluding hydrogens is 236 g/mol. The highest BCUT2D eigenvalue weighted by molar-refractivity contribution is 5.53. The fraction of sp³-hybridized carbons (Fsp3) is 0.545. The fourth-order valence-corrected chi connectivity index (χ4v) is 2.10. The van der Waals surface area contributed by atoms with Crippen molar-refractivity contribution in [3.8, 4) is 5.88 Å². The maximum absolute atomic E-state index is 10.6. The van der Waals surface area contributed by atoms with Crippen molar-refractivity contribution in [2.45, 2.75) is 37.8 Å². The Morgan fingerprint density at radius 2 is 2.11 bits per heavy atom. The van der Waals surface area contributed by atoms with Crippen LogP contribution in [0.3, 0.4) is 0 Å². The quantitative estimate of drug-likeness (QED) is 0.617. The molecule has 98 valence electrons. The third kappa shape index (κ3) is 2.67. The number of nitrogens with zero attached hydrogens (tertiary/aromatic N) is 2. The minimum Gasteiger partial charge on any atom is -0.473 e. The second-order valence-electron chi connectivity index (χ2n) is 4.42. The molecule has 1 fully saturated rings. The molecule has 1 aromatic heterocycles. The first-order valence-electron chi connectivity index (χ1n) is 5.91. The minimum absolute atomic E-state index is 0.0167. The first-order valence-corrected chi connectivity index (χ1v) is 5.91. The van der Waals surface area contributed by atoms with E-state index in [9.17, 15) is 10.1 Å². The van der Waals surface area contributed by atoms with Gasteiger partial charge in [0, 0.05) is 18.2 Å². The molecule has 2 rings (SSSR count). The van der Waals surface area contributed by atoms with Gasteiger partial charge in [0.05, 0.1) is 4.92 Å². The number of nitro groups is 1. The standard InChI is InChI=1S/C11H16N4O3/c12-7-3-1-2-4-9(7)18-10-6-5-8(15(16)17)11(13)14-10/h5-7,9H,1-4,12H2,(H2,13,14). The number of hydrogen-bond acceptors (Lipinski definition) is 6. The number of anilines is 1. The molecule has 0 aliphatic heterocycles. The summed E-state index contributed by atoms with van der Waals surface area (Å²) < 4.78 is 5.64. The van der Waals surface area contributed by atoms with Crippen molar-refractivity contribution in [3.63, 3.8) is 0 Å². The molecule has 2 atom stereocenters. The van der Waals surface area contributed by atoms with E-state index in [1.165, 1.54) is 12.1 Å². The van der Waals surface area contributed by atoms with Crippen LogP contribution in [0, 0.1) is 10.1 Å². The lowest BCUT2D eigenvalue weighted by Crippen LogP contribution is -2.41. The zero-order valence-electron chi connectivity index (χ0n) is 9.91. The molecule has 0 amide bonds. The van der Waals surface area contributed by atoms with Crippen LogP contribution in [0.15, 0.2) is 12.1 Å². The Balaban J connectivity index is 2.10. The Labute approximate surface area is 104 Å². The third-order valence-corrected chi connectivity index (χ3v) is 3.10. The van der Waals surface area contributed by atoms with Gasteiger partial charge < -0.3 is 16.2 Å². The summed E-state index contributed by atoms with van der Waals surface area (Å²) >= 11 is 0. The smallest absolute Gasteiger partial charge is 0.311 e. The number of ether oxygens (including phenoxy) is 1. The van der Waals surface area contributed by atoms with E-state index in [0.29, 0.717) is 5.88 Å². The highest BCUT2D eigenvalue weighted by atomic mass is 16.6. The Kier molecular flexibility index (Phi) is 3.61. The summed E-state index contributed by atoms with van der Waals surface area (Å²) in [5.41, 5.74) is 11.2. The predicted octanol–water partition coefficient (Wildman–Crippen LogP) is 1.22. The molecule has 7 heteroatoms. The molecule has 1 saturated carbocycles. The summed E-state index contributed by atoms with van der Waals surface area (Å²) in [7, 11) is 0. The Morgan fingerprint density at radius 1 is 1.39 bits per heavy atom. The van der Waals surface area contributed by atoms with Crippen molar-refractivity contribution in [3.05, 3.63) is 22.2 Å². The minimum atomic E-state index is -0.571. The molecule has 0 saturated heterocycles. The van der Waals surface area contributed by atoms with Gasteiger partial charge in [0.15, 0.2) is 0 Å². The zero-order chi connectivity index (χ0) is 13.1. The zero-order valence-corrected chi connectivity index (χ0v) is 9.91. The number of pyridine rings is 1. The van der Waals surface area contributed by atoms with Crippen molar-refractivity contribution in [1.29, 1.82) is 0 Å². The number of rotatable bonds is 3. The average Bonchev–Trinajstić information content (AvgIpc) is 2.32. The van der Waals surface area contributed by atoms with Crippen molar-refractivity contribution in [2.75, 3.05) is 5.73 Å². The van der Waals surface area contributed by atoms with E-state index in [1.54, 1.807) is 0 Å². The lowest BCUT2D eigenvalue weighted by molar-refractivity contribution is -0.384. The average molecular weight is 252 g/mol. The van der Waals surface area contributed by atoms with Gasteiger partial charge in [-0.05, 0) is 19.3 Å². The van der Waals surface area contributed by atoms with Crippen LogP contribution in [0.2, 0.25) is 0 Å². The van der Waals surface area contributed by atoms with Gasteiger partial charge in [-0.25, -0.2) is 0 Å². The van der Waals surface area contributed by atoms with Gasteiger partial charge >= 0.3 is 5.69 Å². The molecule has 0 radical (unpaired) electrons. The Bertz CT molecular complexity index is 452. The summed E-state index contributed by atoms with van der Waals surface area (Å²) in [6.45, 7) is 0. The van der Waals surface area contributed by atoms with Crippen LogP contribution in [-0.4, -0.2) is 22.1 Å². The Morgan fingerprint density at radius 3 is 2.72 bits per heavy atom. The van der Waals surface area contributed by atoms with Gasteiger partial charge in [-0.2, -0.15) is 4.98 Å².